The lowest BCUT2D eigenvalue weighted by atomic mass is 9.94. The molecule has 102 valence electrons. The molecule has 1 fully saturated rings. The summed E-state index contributed by atoms with van der Waals surface area (Å²) in [7, 11) is 3.37. The standard InChI is InChI=1S/C14H18N2O3/c1-7-4-9-8(5-11(7)19-3)10-6-16(2)14(18)13(17)12(9)15-10/h4-5,10,12-13,15,17H,6H2,1-3H3. The second-order valence-corrected chi connectivity index (χ2v) is 5.31. The molecule has 19 heavy (non-hydrogen) atoms. The van der Waals surface area contributed by atoms with Gasteiger partial charge in [-0.25, -0.2) is 0 Å². The highest BCUT2D eigenvalue weighted by Crippen LogP contribution is 2.41. The summed E-state index contributed by atoms with van der Waals surface area (Å²) in [6, 6.07) is 3.76. The van der Waals surface area contributed by atoms with Crippen LogP contribution in [0.4, 0.5) is 0 Å². The maximum Gasteiger partial charge on any atom is 0.253 e. The Morgan fingerprint density at radius 2 is 2.16 bits per heavy atom. The summed E-state index contributed by atoms with van der Waals surface area (Å²) in [5.41, 5.74) is 3.14. The molecule has 5 nitrogen and oxygen atoms in total. The quantitative estimate of drug-likeness (QED) is 0.774. The lowest BCUT2D eigenvalue weighted by Gasteiger charge is -2.24. The summed E-state index contributed by atoms with van der Waals surface area (Å²) in [4.78, 5) is 13.5. The van der Waals surface area contributed by atoms with Crippen molar-refractivity contribution in [3.63, 3.8) is 0 Å². The lowest BCUT2D eigenvalue weighted by molar-refractivity contribution is -0.139. The predicted octanol–water partition coefficient (Wildman–Crippen LogP) is 0.522. The van der Waals surface area contributed by atoms with Crippen LogP contribution in [0.1, 0.15) is 28.8 Å². The first-order valence-corrected chi connectivity index (χ1v) is 6.40. The predicted molar refractivity (Wildman–Crippen MR) is 70.0 cm³/mol. The van der Waals surface area contributed by atoms with Crippen LogP contribution in [0.15, 0.2) is 12.1 Å². The Balaban J connectivity index is 2.12. The number of ether oxygens (including phenoxy) is 1. The monoisotopic (exact) mass is 262 g/mol. The Hall–Kier alpha value is -1.59. The molecule has 1 aromatic carbocycles. The number of aliphatic hydroxyl groups excluding tert-OH is 1. The van der Waals surface area contributed by atoms with Crippen LogP contribution in [0.25, 0.3) is 0 Å². The first-order chi connectivity index (χ1) is 9.02. The highest BCUT2D eigenvalue weighted by molar-refractivity contribution is 5.82. The molecule has 0 aromatic heterocycles. The van der Waals surface area contributed by atoms with E-state index in [4.69, 9.17) is 4.74 Å². The number of likely N-dealkylation sites (N-methyl/N-ethyl adjacent to an activating group) is 1. The number of carbonyl (C=O) groups is 1. The number of rotatable bonds is 1. The first kappa shape index (κ1) is 12.4. The number of hydrogen-bond acceptors (Lipinski definition) is 4. The molecule has 1 aromatic rings. The number of hydrogen-bond donors (Lipinski definition) is 2. The summed E-state index contributed by atoms with van der Waals surface area (Å²) in [6.07, 6.45) is -1.02. The van der Waals surface area contributed by atoms with E-state index in [0.717, 1.165) is 22.4 Å². The van der Waals surface area contributed by atoms with Gasteiger partial charge in [0.2, 0.25) is 0 Å². The fourth-order valence-electron chi connectivity index (χ4n) is 3.06. The van der Waals surface area contributed by atoms with Crippen molar-refractivity contribution in [3.8, 4) is 5.75 Å². The van der Waals surface area contributed by atoms with Gasteiger partial charge < -0.3 is 14.7 Å². The molecule has 0 aliphatic carbocycles. The Morgan fingerprint density at radius 1 is 1.42 bits per heavy atom. The minimum Gasteiger partial charge on any atom is -0.496 e. The number of nitrogens with zero attached hydrogens (tertiary/aromatic N) is 1. The zero-order valence-corrected chi connectivity index (χ0v) is 11.3. The summed E-state index contributed by atoms with van der Waals surface area (Å²) in [5, 5.41) is 13.5. The molecule has 0 saturated carbocycles. The normalized spacial score (nSPS) is 29.2. The van der Waals surface area contributed by atoms with E-state index in [1.165, 1.54) is 0 Å². The maximum atomic E-state index is 12.0. The minimum absolute atomic E-state index is 0.0561. The van der Waals surface area contributed by atoms with E-state index in [-0.39, 0.29) is 18.0 Å². The average molecular weight is 262 g/mol. The van der Waals surface area contributed by atoms with Crippen molar-refractivity contribution >= 4 is 5.91 Å². The van der Waals surface area contributed by atoms with Crippen LogP contribution in [-0.2, 0) is 4.79 Å². The van der Waals surface area contributed by atoms with Crippen molar-refractivity contribution in [2.24, 2.45) is 0 Å². The molecule has 2 aliphatic heterocycles. The summed E-state index contributed by atoms with van der Waals surface area (Å²) in [5.74, 6) is 0.620. The molecule has 0 radical (unpaired) electrons. The van der Waals surface area contributed by atoms with Crippen LogP contribution in [-0.4, -0.2) is 42.7 Å². The van der Waals surface area contributed by atoms with Gasteiger partial charge in [0, 0.05) is 13.6 Å². The smallest absolute Gasteiger partial charge is 0.253 e. The SMILES string of the molecule is COc1cc2c(cc1C)C1NC2CN(C)C(=O)C1O. The van der Waals surface area contributed by atoms with E-state index in [9.17, 15) is 9.90 Å². The Kier molecular flexibility index (Phi) is 2.76. The zero-order chi connectivity index (χ0) is 13.7. The van der Waals surface area contributed by atoms with Crippen molar-refractivity contribution in [3.05, 3.63) is 28.8 Å². The molecule has 1 amide bonds. The van der Waals surface area contributed by atoms with Gasteiger partial charge in [0.25, 0.3) is 5.91 Å². The molecule has 3 atom stereocenters. The minimum atomic E-state index is -1.02. The van der Waals surface area contributed by atoms with Gasteiger partial charge >= 0.3 is 0 Å². The van der Waals surface area contributed by atoms with E-state index in [2.05, 4.69) is 5.32 Å². The molecule has 2 heterocycles. The van der Waals surface area contributed by atoms with Crippen LogP contribution >= 0.6 is 0 Å². The highest BCUT2D eigenvalue weighted by Gasteiger charge is 2.43. The fourth-order valence-corrected chi connectivity index (χ4v) is 3.06. The third-order valence-corrected chi connectivity index (χ3v) is 4.09. The van der Waals surface area contributed by atoms with Crippen molar-refractivity contribution < 1.29 is 14.6 Å². The molecule has 3 rings (SSSR count). The number of nitrogens with one attached hydrogen (secondary N) is 1. The van der Waals surface area contributed by atoms with E-state index in [1.54, 1.807) is 19.1 Å². The Labute approximate surface area is 112 Å². The van der Waals surface area contributed by atoms with Gasteiger partial charge in [-0.1, -0.05) is 6.07 Å². The van der Waals surface area contributed by atoms with Crippen LogP contribution in [0.3, 0.4) is 0 Å². The second kappa shape index (κ2) is 4.21. The van der Waals surface area contributed by atoms with Gasteiger partial charge in [0.05, 0.1) is 19.2 Å². The van der Waals surface area contributed by atoms with Crippen molar-refractivity contribution in [1.29, 1.82) is 0 Å². The molecule has 2 N–H and O–H groups in total. The topological polar surface area (TPSA) is 61.8 Å². The molecule has 2 bridgehead atoms. The van der Waals surface area contributed by atoms with E-state index < -0.39 is 6.10 Å². The number of amides is 1. The average Bonchev–Trinajstić information content (AvgIpc) is 2.68. The second-order valence-electron chi connectivity index (χ2n) is 5.31. The number of aryl methyl sites for hydroxylation is 1. The van der Waals surface area contributed by atoms with Gasteiger partial charge in [-0.3, -0.25) is 10.1 Å². The third kappa shape index (κ3) is 1.73. The van der Waals surface area contributed by atoms with Crippen LogP contribution in [0.2, 0.25) is 0 Å². The summed E-state index contributed by atoms with van der Waals surface area (Å²) in [6.45, 7) is 2.53. The maximum absolute atomic E-state index is 12.0. The summed E-state index contributed by atoms with van der Waals surface area (Å²) >= 11 is 0. The highest BCUT2D eigenvalue weighted by atomic mass is 16.5. The van der Waals surface area contributed by atoms with Gasteiger partial charge in [0.15, 0.2) is 6.10 Å². The number of aliphatic hydroxyl groups is 1. The lowest BCUT2D eigenvalue weighted by Crippen LogP contribution is -2.39. The van der Waals surface area contributed by atoms with Crippen LogP contribution < -0.4 is 10.1 Å². The zero-order valence-electron chi connectivity index (χ0n) is 11.3. The number of carbonyl (C=O) groups excluding carboxylic acids is 1. The van der Waals surface area contributed by atoms with E-state index >= 15 is 0 Å². The van der Waals surface area contributed by atoms with Gasteiger partial charge in [0.1, 0.15) is 5.75 Å². The van der Waals surface area contributed by atoms with Crippen LogP contribution in [0, 0.1) is 6.92 Å². The molecular weight excluding hydrogens is 244 g/mol. The molecule has 3 unspecified atom stereocenters. The largest absolute Gasteiger partial charge is 0.496 e. The van der Waals surface area contributed by atoms with Gasteiger partial charge in [-0.2, -0.15) is 0 Å². The van der Waals surface area contributed by atoms with Crippen molar-refractivity contribution in [2.45, 2.75) is 25.1 Å². The Morgan fingerprint density at radius 3 is 2.84 bits per heavy atom. The third-order valence-electron chi connectivity index (χ3n) is 4.09. The molecule has 0 spiro atoms. The van der Waals surface area contributed by atoms with Gasteiger partial charge in [-0.05, 0) is 29.7 Å². The van der Waals surface area contributed by atoms with Gasteiger partial charge in [-0.15, -0.1) is 0 Å². The molecule has 5 heteroatoms. The van der Waals surface area contributed by atoms with E-state index in [1.807, 2.05) is 19.1 Å². The number of fused-ring (bicyclic) bond motifs is 5. The molecule has 2 aliphatic rings. The van der Waals surface area contributed by atoms with E-state index in [0.29, 0.717) is 6.54 Å². The Bertz CT molecular complexity index is 544. The number of benzene rings is 1. The van der Waals surface area contributed by atoms with Crippen molar-refractivity contribution in [1.82, 2.24) is 10.2 Å². The fraction of sp³-hybridized carbons (Fsp3) is 0.500. The van der Waals surface area contributed by atoms with Crippen LogP contribution in [0.5, 0.6) is 5.75 Å². The first-order valence-electron chi connectivity index (χ1n) is 6.40. The number of methoxy groups -OCH3 is 1. The van der Waals surface area contributed by atoms with Crippen molar-refractivity contribution in [2.75, 3.05) is 20.7 Å². The summed E-state index contributed by atoms with van der Waals surface area (Å²) < 4.78 is 5.35. The molecular formula is C14H18N2O3. The molecule has 1 saturated heterocycles.